The fourth-order valence-corrected chi connectivity index (χ4v) is 3.88. The van der Waals surface area contributed by atoms with Crippen molar-refractivity contribution < 1.29 is 9.18 Å². The van der Waals surface area contributed by atoms with Gasteiger partial charge in [0.05, 0.1) is 17.2 Å². The highest BCUT2D eigenvalue weighted by molar-refractivity contribution is 5.90. The van der Waals surface area contributed by atoms with Gasteiger partial charge in [0.1, 0.15) is 5.82 Å². The van der Waals surface area contributed by atoms with Crippen molar-refractivity contribution in [3.63, 3.8) is 0 Å². The quantitative estimate of drug-likeness (QED) is 0.676. The molecule has 1 N–H and O–H groups in total. The monoisotopic (exact) mass is 438 g/mol. The van der Waals surface area contributed by atoms with Crippen LogP contribution in [0.2, 0.25) is 0 Å². The van der Waals surface area contributed by atoms with Crippen LogP contribution in [0.15, 0.2) is 41.5 Å². The number of amides is 2. The Hall–Kier alpha value is -3.49. The second-order valence-electron chi connectivity index (χ2n) is 8.43. The molecule has 2 aromatic heterocycles. The summed E-state index contributed by atoms with van der Waals surface area (Å²) in [5.41, 5.74) is 2.15. The summed E-state index contributed by atoms with van der Waals surface area (Å²) in [5.74, 6) is 0.325. The minimum atomic E-state index is -0.358. The molecule has 0 atom stereocenters. The summed E-state index contributed by atoms with van der Waals surface area (Å²) < 4.78 is 15.5. The largest absolute Gasteiger partial charge is 0.348 e. The van der Waals surface area contributed by atoms with Crippen molar-refractivity contribution in [2.24, 2.45) is 5.92 Å². The summed E-state index contributed by atoms with van der Waals surface area (Å²) >= 11 is 0. The van der Waals surface area contributed by atoms with E-state index < -0.39 is 0 Å². The fraction of sp³-hybridized carbons (Fsp3) is 0.391. The number of fused-ring (bicyclic) bond motifs is 1. The van der Waals surface area contributed by atoms with Gasteiger partial charge in [-0.2, -0.15) is 0 Å². The second kappa shape index (κ2) is 8.94. The Labute approximate surface area is 185 Å². The highest BCUT2D eigenvalue weighted by Crippen LogP contribution is 2.19. The smallest absolute Gasteiger partial charge is 0.321 e. The van der Waals surface area contributed by atoms with Gasteiger partial charge in [0.25, 0.3) is 5.56 Å². The third-order valence-electron chi connectivity index (χ3n) is 5.65. The van der Waals surface area contributed by atoms with Crippen molar-refractivity contribution in [3.8, 4) is 0 Å². The Kier molecular flexibility index (Phi) is 6.07. The van der Waals surface area contributed by atoms with Gasteiger partial charge in [-0.3, -0.25) is 9.78 Å². The highest BCUT2D eigenvalue weighted by Gasteiger charge is 2.25. The SMILES string of the molecule is Cc1c(F)cccc1NC(=O)N1CCN(c2nc3ccncc3n(CC(C)C)c2=O)CC1. The number of hydrogen-bond acceptors (Lipinski definition) is 5. The molecular weight excluding hydrogens is 411 g/mol. The minimum absolute atomic E-state index is 0.146. The highest BCUT2D eigenvalue weighted by atomic mass is 19.1. The molecule has 0 radical (unpaired) electrons. The molecule has 4 rings (SSSR count). The van der Waals surface area contributed by atoms with E-state index in [0.29, 0.717) is 49.8 Å². The van der Waals surface area contributed by atoms with Gasteiger partial charge in [-0.25, -0.2) is 14.2 Å². The van der Waals surface area contributed by atoms with Gasteiger partial charge in [0, 0.05) is 50.2 Å². The lowest BCUT2D eigenvalue weighted by Crippen LogP contribution is -2.51. The molecule has 0 unspecified atom stereocenters. The van der Waals surface area contributed by atoms with E-state index in [1.54, 1.807) is 47.0 Å². The maximum Gasteiger partial charge on any atom is 0.321 e. The standard InChI is InChI=1S/C23H27FN6O2/c1-15(2)14-30-20-13-25-8-7-19(20)26-21(22(30)31)28-9-11-29(12-10-28)23(32)27-18-6-4-5-17(24)16(18)3/h4-8,13,15H,9-12,14H2,1-3H3,(H,27,32). The molecule has 3 aromatic rings. The van der Waals surface area contributed by atoms with Crippen LogP contribution in [0.25, 0.3) is 11.0 Å². The van der Waals surface area contributed by atoms with Crippen LogP contribution in [0.1, 0.15) is 19.4 Å². The lowest BCUT2D eigenvalue weighted by atomic mass is 10.2. The van der Waals surface area contributed by atoms with Crippen molar-refractivity contribution >= 4 is 28.6 Å². The number of carbonyl (C=O) groups is 1. The molecule has 1 fully saturated rings. The van der Waals surface area contributed by atoms with Crippen molar-refractivity contribution in [1.29, 1.82) is 0 Å². The van der Waals surface area contributed by atoms with Gasteiger partial charge in [0.15, 0.2) is 5.82 Å². The number of piperazine rings is 1. The van der Waals surface area contributed by atoms with E-state index in [9.17, 15) is 14.0 Å². The topological polar surface area (TPSA) is 83.4 Å². The molecule has 0 spiro atoms. The number of anilines is 2. The molecule has 2 amide bonds. The Morgan fingerprint density at radius 2 is 1.94 bits per heavy atom. The van der Waals surface area contributed by atoms with E-state index in [2.05, 4.69) is 29.1 Å². The molecule has 0 bridgehead atoms. The van der Waals surface area contributed by atoms with Crippen LogP contribution in [0.4, 0.5) is 20.7 Å². The predicted octanol–water partition coefficient (Wildman–Crippen LogP) is 3.25. The summed E-state index contributed by atoms with van der Waals surface area (Å²) in [6.45, 7) is 8.16. The molecule has 1 aliphatic heterocycles. The Bertz CT molecular complexity index is 1200. The number of rotatable bonds is 4. The zero-order valence-corrected chi connectivity index (χ0v) is 18.5. The van der Waals surface area contributed by atoms with E-state index in [0.717, 1.165) is 11.0 Å². The number of aromatic nitrogens is 3. The van der Waals surface area contributed by atoms with E-state index in [4.69, 9.17) is 0 Å². The van der Waals surface area contributed by atoms with E-state index in [1.807, 2.05) is 4.90 Å². The molecule has 3 heterocycles. The van der Waals surface area contributed by atoms with Crippen LogP contribution in [0, 0.1) is 18.7 Å². The maximum atomic E-state index is 13.8. The normalized spacial score (nSPS) is 14.3. The van der Waals surface area contributed by atoms with Gasteiger partial charge < -0.3 is 19.7 Å². The first-order chi connectivity index (χ1) is 15.3. The lowest BCUT2D eigenvalue weighted by Gasteiger charge is -2.35. The van der Waals surface area contributed by atoms with Crippen molar-refractivity contribution in [1.82, 2.24) is 19.4 Å². The fourth-order valence-electron chi connectivity index (χ4n) is 3.88. The Morgan fingerprint density at radius 1 is 1.19 bits per heavy atom. The van der Waals surface area contributed by atoms with Gasteiger partial charge in [-0.1, -0.05) is 19.9 Å². The lowest BCUT2D eigenvalue weighted by molar-refractivity contribution is 0.208. The van der Waals surface area contributed by atoms with Crippen LogP contribution in [0.3, 0.4) is 0 Å². The summed E-state index contributed by atoms with van der Waals surface area (Å²) in [6.07, 6.45) is 3.34. The number of halogens is 1. The van der Waals surface area contributed by atoms with Crippen molar-refractivity contribution in [2.75, 3.05) is 36.4 Å². The number of carbonyl (C=O) groups excluding carboxylic acids is 1. The van der Waals surface area contributed by atoms with E-state index >= 15 is 0 Å². The molecular formula is C23H27FN6O2. The van der Waals surface area contributed by atoms with Gasteiger partial charge in [0.2, 0.25) is 0 Å². The molecule has 1 saturated heterocycles. The van der Waals surface area contributed by atoms with E-state index in [1.165, 1.54) is 6.07 Å². The predicted molar refractivity (Wildman–Crippen MR) is 123 cm³/mol. The van der Waals surface area contributed by atoms with Gasteiger partial charge in [-0.15, -0.1) is 0 Å². The molecule has 1 aliphatic rings. The van der Waals surface area contributed by atoms with Crippen LogP contribution in [-0.2, 0) is 6.54 Å². The molecule has 8 nitrogen and oxygen atoms in total. The molecule has 32 heavy (non-hydrogen) atoms. The van der Waals surface area contributed by atoms with Gasteiger partial charge in [-0.05, 0) is 31.0 Å². The molecule has 9 heteroatoms. The van der Waals surface area contributed by atoms with E-state index in [-0.39, 0.29) is 23.3 Å². The Morgan fingerprint density at radius 3 is 2.66 bits per heavy atom. The van der Waals surface area contributed by atoms with Crippen LogP contribution in [-0.4, -0.2) is 51.6 Å². The minimum Gasteiger partial charge on any atom is -0.348 e. The second-order valence-corrected chi connectivity index (χ2v) is 8.43. The molecule has 168 valence electrons. The summed E-state index contributed by atoms with van der Waals surface area (Å²) in [7, 11) is 0. The average Bonchev–Trinajstić information content (AvgIpc) is 2.78. The first-order valence-corrected chi connectivity index (χ1v) is 10.8. The van der Waals surface area contributed by atoms with Crippen LogP contribution >= 0.6 is 0 Å². The van der Waals surface area contributed by atoms with Crippen LogP contribution < -0.4 is 15.8 Å². The summed E-state index contributed by atoms with van der Waals surface area (Å²) in [4.78, 5) is 38.3. The van der Waals surface area contributed by atoms with Gasteiger partial charge >= 0.3 is 6.03 Å². The number of nitrogens with zero attached hydrogens (tertiary/aromatic N) is 5. The maximum absolute atomic E-state index is 13.8. The third kappa shape index (κ3) is 4.28. The number of benzene rings is 1. The third-order valence-corrected chi connectivity index (χ3v) is 5.65. The number of pyridine rings is 1. The van der Waals surface area contributed by atoms with Crippen LogP contribution in [0.5, 0.6) is 0 Å². The first-order valence-electron chi connectivity index (χ1n) is 10.8. The average molecular weight is 439 g/mol. The number of urea groups is 1. The zero-order chi connectivity index (χ0) is 22.8. The molecule has 0 aliphatic carbocycles. The Balaban J connectivity index is 1.52. The zero-order valence-electron chi connectivity index (χ0n) is 18.5. The summed E-state index contributed by atoms with van der Waals surface area (Å²) in [6, 6.07) is 6.13. The first kappa shape index (κ1) is 21.7. The van der Waals surface area contributed by atoms with Crippen molar-refractivity contribution in [3.05, 3.63) is 58.4 Å². The number of nitrogens with one attached hydrogen (secondary N) is 1. The molecule has 0 saturated carbocycles. The summed E-state index contributed by atoms with van der Waals surface area (Å²) in [5, 5.41) is 2.78. The molecule has 1 aromatic carbocycles. The van der Waals surface area contributed by atoms with Crippen molar-refractivity contribution in [2.45, 2.75) is 27.3 Å². The number of hydrogen-bond donors (Lipinski definition) is 1.